The third kappa shape index (κ3) is 25.9. The first-order valence-electron chi connectivity index (χ1n) is 48.3. The summed E-state index contributed by atoms with van der Waals surface area (Å²) in [6, 6.07) is 7.24. The third-order valence-corrected chi connectivity index (χ3v) is 30.5. The van der Waals surface area contributed by atoms with E-state index in [0.717, 1.165) is 131 Å². The van der Waals surface area contributed by atoms with E-state index in [1.54, 1.807) is 30.4 Å². The SMILES string of the molecule is CC[C@@H](C)Nc1cc(C)c(-c2sc(C(=O)N[C@H]3CC[C@H](O)C3)nc2C(=O)N2CC(F)(F)C[C@@H]2C)cn1.CC[C@@H](CO)NC(=O)c1nc(C(=O)N2CCC[C@@H]2C)c(-c2cnc(NC(C)C)cc2C)s1.C[C@H]1CCCN1C(=O)c1nc(C(=O)NC2CCOCC2)sc1-c1cnc(NC(C)(C)C)cc1C(F)F.Cc1cc(NC(C)C)ncc1-c1sc(C(=O)N[C@H]2CC[C@H](O)C2)nc1C(=O)N1C2CCC1CC2. The number of aliphatic hydroxyl groups is 3. The van der Waals surface area contributed by atoms with Crippen LogP contribution in [0.3, 0.4) is 0 Å². The minimum absolute atomic E-state index is 0.0117. The minimum Gasteiger partial charge on any atom is -0.394 e. The molecule has 14 heterocycles. The summed E-state index contributed by atoms with van der Waals surface area (Å²) in [6.07, 6.45) is 16.9. The number of hydrogen-bond donors (Lipinski definition) is 11. The Morgan fingerprint density at radius 2 is 0.884 bits per heavy atom. The zero-order valence-electron chi connectivity index (χ0n) is 81.5. The van der Waals surface area contributed by atoms with E-state index in [4.69, 9.17) is 4.74 Å². The van der Waals surface area contributed by atoms with Gasteiger partial charge in [-0.15, -0.1) is 45.3 Å². The minimum atomic E-state index is -2.96. The lowest BCUT2D eigenvalue weighted by Crippen LogP contribution is -2.39. The number of amides is 8. The molecule has 11 N–H and O–H groups in total. The van der Waals surface area contributed by atoms with Gasteiger partial charge in [-0.2, -0.15) is 0 Å². The van der Waals surface area contributed by atoms with Crippen molar-refractivity contribution in [2.24, 2.45) is 0 Å². The van der Waals surface area contributed by atoms with Crippen LogP contribution in [0.25, 0.3) is 41.8 Å². The number of aromatic nitrogens is 8. The fourth-order valence-electron chi connectivity index (χ4n) is 18.7. The molecular formula is C98H132F4N20O12S4. The van der Waals surface area contributed by atoms with E-state index in [-0.39, 0.29) is 162 Å². The Morgan fingerprint density at radius 3 is 1.24 bits per heavy atom. The van der Waals surface area contributed by atoms with Gasteiger partial charge in [0, 0.05) is 157 Å². The molecule has 138 heavy (non-hydrogen) atoms. The predicted molar refractivity (Wildman–Crippen MR) is 529 cm³/mol. The number of aryl methyl sites for hydroxylation is 3. The molecule has 8 amide bonds. The van der Waals surface area contributed by atoms with E-state index >= 15 is 0 Å². The van der Waals surface area contributed by atoms with E-state index in [9.17, 15) is 71.2 Å². The van der Waals surface area contributed by atoms with Crippen molar-refractivity contribution in [1.29, 1.82) is 0 Å². The summed E-state index contributed by atoms with van der Waals surface area (Å²) in [5.74, 6) is -3.15. The molecule has 6 saturated heterocycles. The maximum Gasteiger partial charge on any atom is 0.280 e. The highest BCUT2D eigenvalue weighted by Crippen LogP contribution is 2.45. The largest absolute Gasteiger partial charge is 0.394 e. The molecule has 8 fully saturated rings. The van der Waals surface area contributed by atoms with Crippen molar-refractivity contribution in [1.82, 2.24) is 80.7 Å². The number of carbonyl (C=O) groups is 8. The topological polar surface area (TPSA) is 419 Å². The molecule has 0 unspecified atom stereocenters. The Kier molecular flexibility index (Phi) is 34.9. The summed E-state index contributed by atoms with van der Waals surface area (Å²) in [4.78, 5) is 150. The normalized spacial score (nSPS) is 21.6. The van der Waals surface area contributed by atoms with Crippen LogP contribution in [0.5, 0.6) is 0 Å². The van der Waals surface area contributed by atoms with Gasteiger partial charge in [0.25, 0.3) is 59.6 Å². The van der Waals surface area contributed by atoms with Crippen LogP contribution in [0.2, 0.25) is 0 Å². The molecule has 8 aliphatic rings. The van der Waals surface area contributed by atoms with Crippen LogP contribution in [0.15, 0.2) is 49.1 Å². The van der Waals surface area contributed by atoms with E-state index in [0.29, 0.717) is 121 Å². The second-order valence-electron chi connectivity index (χ2n) is 39.2. The summed E-state index contributed by atoms with van der Waals surface area (Å²) < 4.78 is 62.0. The molecule has 0 radical (unpaired) electrons. The van der Waals surface area contributed by atoms with E-state index < -0.39 is 55.2 Å². The van der Waals surface area contributed by atoms with Crippen LogP contribution in [0, 0.1) is 20.8 Å². The summed E-state index contributed by atoms with van der Waals surface area (Å²) in [5, 5.41) is 54.3. The molecule has 748 valence electrons. The van der Waals surface area contributed by atoms with Crippen LogP contribution in [0.1, 0.15) is 322 Å². The van der Waals surface area contributed by atoms with E-state index in [1.165, 1.54) is 34.9 Å². The molecule has 0 spiro atoms. The van der Waals surface area contributed by atoms with Crippen molar-refractivity contribution in [2.75, 3.05) is 60.7 Å². The van der Waals surface area contributed by atoms with Gasteiger partial charge < -0.3 is 82.2 Å². The number of rotatable bonds is 27. The number of halogens is 4. The Bertz CT molecular complexity index is 5660. The molecule has 6 aliphatic heterocycles. The third-order valence-electron chi connectivity index (χ3n) is 26.1. The molecule has 9 atom stereocenters. The van der Waals surface area contributed by atoms with Crippen molar-refractivity contribution < 1.29 is 76.0 Å². The highest BCUT2D eigenvalue weighted by Gasteiger charge is 2.48. The van der Waals surface area contributed by atoms with Gasteiger partial charge in [0.05, 0.1) is 50.9 Å². The van der Waals surface area contributed by atoms with Gasteiger partial charge in [0.15, 0.2) is 20.0 Å². The number of hydrogen-bond acceptors (Lipinski definition) is 28. The maximum absolute atomic E-state index is 14.2. The van der Waals surface area contributed by atoms with Gasteiger partial charge in [0.1, 0.15) is 46.0 Å². The van der Waals surface area contributed by atoms with Crippen LogP contribution in [-0.4, -0.2) is 258 Å². The lowest BCUT2D eigenvalue weighted by Gasteiger charge is -2.23. The standard InChI is InChI=1S/2C25H33F2N5O3S.C25H33N5O3S.C23H33N5O3S/c1-14-6-5-9-32(14)24(34)19-20(36-23(30-19)22(33)29-15-7-10-35-11-8-15)17-13-28-18(31-25(2,3)4)12-16(17)21(26)27;1-5-14(3)29-19-8-13(2)18(11-28-19)21-20(24(35)32-12-25(26,27)10-15(32)4)31-23(36-21)22(34)30-16-6-7-17(33)9-16;1-13(2)27-20-10-14(3)19(12-26-20)22-21(25(33)30-16-5-6-17(30)8-7-16)29-24(34-22)23(32)28-15-4-9-18(31)11-15;1-6-16(12-29)26-21(30)22-27-19(23(31)28-9-7-8-15(28)5)20(32-22)17-11-24-18(10-14(17)4)25-13(2)3/h12-15,21H,5-11H2,1-4H3,(H,28,31)(H,29,33);8,11,14-17,33H,5-7,9-10,12H2,1-4H3,(H,28,29)(H,30,34);10,12-13,15-18,31H,4-9,11H2,1-3H3,(H,26,27)(H,28,32);10-11,13,15-16,29H,6-9,12H2,1-5H3,(H,24,25)(H,26,30)/t14-;14-,15+,16+,17+;15-,16?,17?,18-;15-,16-/m0100/s1. The number of nitrogens with one attached hydrogen (secondary N) is 8. The Balaban J connectivity index is 0.000000155. The van der Waals surface area contributed by atoms with Crippen LogP contribution < -0.4 is 42.5 Å². The Hall–Kier alpha value is -10.4. The molecular weight excluding hydrogens is 1850 g/mol. The number of anilines is 4. The predicted octanol–water partition coefficient (Wildman–Crippen LogP) is 16.3. The van der Waals surface area contributed by atoms with Gasteiger partial charge in [0.2, 0.25) is 0 Å². The van der Waals surface area contributed by atoms with Gasteiger partial charge in [-0.25, -0.2) is 57.4 Å². The molecule has 2 bridgehead atoms. The second kappa shape index (κ2) is 45.9. The van der Waals surface area contributed by atoms with Crippen LogP contribution >= 0.6 is 45.3 Å². The van der Waals surface area contributed by atoms with Crippen LogP contribution in [0.4, 0.5) is 40.8 Å². The molecule has 2 saturated carbocycles. The number of likely N-dealkylation sites (tertiary alicyclic amines) is 3. The number of nitrogens with zero attached hydrogens (tertiary/aromatic N) is 12. The number of carbonyl (C=O) groups excluding carboxylic acids is 8. The van der Waals surface area contributed by atoms with Gasteiger partial charge in [-0.1, -0.05) is 13.8 Å². The summed E-state index contributed by atoms with van der Waals surface area (Å²) in [6.45, 7) is 32.9. The highest BCUT2D eigenvalue weighted by atomic mass is 32.1. The molecule has 8 aromatic rings. The van der Waals surface area contributed by atoms with Crippen LogP contribution in [-0.2, 0) is 4.74 Å². The number of pyridine rings is 4. The number of thiazole rings is 4. The van der Waals surface area contributed by atoms with Crippen molar-refractivity contribution in [2.45, 2.75) is 335 Å². The summed E-state index contributed by atoms with van der Waals surface area (Å²) >= 11 is 4.45. The van der Waals surface area contributed by atoms with E-state index in [1.807, 2.05) is 111 Å². The zero-order valence-corrected chi connectivity index (χ0v) is 84.8. The molecule has 8 aromatic heterocycles. The van der Waals surface area contributed by atoms with Crippen molar-refractivity contribution >= 4 is 116 Å². The zero-order chi connectivity index (χ0) is 99.6. The van der Waals surface area contributed by atoms with Gasteiger partial charge in [-0.05, 0) is 253 Å². The van der Waals surface area contributed by atoms with Gasteiger partial charge in [-0.3, -0.25) is 38.4 Å². The summed E-state index contributed by atoms with van der Waals surface area (Å²) in [5.41, 5.74) is 5.12. The molecule has 2 aliphatic carbocycles. The lowest BCUT2D eigenvalue weighted by atomic mass is 10.0. The average molecular weight is 1990 g/mol. The molecule has 40 heteroatoms. The van der Waals surface area contributed by atoms with Crippen molar-refractivity contribution in [3.63, 3.8) is 0 Å². The van der Waals surface area contributed by atoms with Crippen molar-refractivity contribution in [3.8, 4) is 41.8 Å². The number of alkyl halides is 4. The smallest absolute Gasteiger partial charge is 0.280 e. The lowest BCUT2D eigenvalue weighted by molar-refractivity contribution is 0.0117. The first-order valence-corrected chi connectivity index (χ1v) is 51.5. The number of ether oxygens (including phenoxy) is 1. The molecule has 32 nitrogen and oxygen atoms in total. The monoisotopic (exact) mass is 1980 g/mol. The quantitative estimate of drug-likeness (QED) is 0.0213. The Labute approximate surface area is 819 Å². The summed E-state index contributed by atoms with van der Waals surface area (Å²) in [7, 11) is 0. The fraction of sp³-hybridized carbons (Fsp3) is 0.592. The fourth-order valence-corrected chi connectivity index (χ4v) is 22.7. The maximum atomic E-state index is 14.2. The molecule has 0 aromatic carbocycles. The molecule has 16 rings (SSSR count). The Morgan fingerprint density at radius 1 is 0.493 bits per heavy atom. The number of fused-ring (bicyclic) bond motifs is 2. The average Bonchev–Trinajstić information content (AvgIpc) is 1.62. The van der Waals surface area contributed by atoms with Gasteiger partial charge >= 0.3 is 0 Å². The first kappa shape index (κ1) is 105. The number of aliphatic hydroxyl groups excluding tert-OH is 3. The van der Waals surface area contributed by atoms with Crippen molar-refractivity contribution in [3.05, 3.63) is 114 Å². The second-order valence-corrected chi connectivity index (χ2v) is 43.2. The van der Waals surface area contributed by atoms with E-state index in [2.05, 4.69) is 103 Å². The first-order chi connectivity index (χ1) is 65.5. The highest BCUT2D eigenvalue weighted by molar-refractivity contribution is 7.18.